The van der Waals surface area contributed by atoms with E-state index in [1.54, 1.807) is 6.07 Å². The molecule has 0 N–H and O–H groups in total. The van der Waals surface area contributed by atoms with Gasteiger partial charge in [0.2, 0.25) is 5.69 Å². The number of aromatic nitrogens is 1. The van der Waals surface area contributed by atoms with Crippen LogP contribution in [0.2, 0.25) is 0 Å². The largest absolute Gasteiger partial charge is 0.454 e. The van der Waals surface area contributed by atoms with Gasteiger partial charge in [0.15, 0.2) is 6.20 Å². The molecule has 0 amide bonds. The van der Waals surface area contributed by atoms with Crippen molar-refractivity contribution in [2.45, 2.75) is 97.3 Å². The molecule has 0 spiro atoms. The number of halogens is 1. The lowest BCUT2D eigenvalue weighted by atomic mass is 9.59. The van der Waals surface area contributed by atoms with Gasteiger partial charge in [-0.15, -0.1) is 0 Å². The fourth-order valence-electron chi connectivity index (χ4n) is 8.26. The third-order valence-corrected chi connectivity index (χ3v) is 12.0. The zero-order chi connectivity index (χ0) is 31.4. The van der Waals surface area contributed by atoms with Crippen LogP contribution in [0.5, 0.6) is 0 Å². The summed E-state index contributed by atoms with van der Waals surface area (Å²) >= 11 is 0. The molecule has 222 valence electrons. The predicted octanol–water partition coefficient (Wildman–Crippen LogP) is 10.8. The van der Waals surface area contributed by atoms with E-state index in [9.17, 15) is 1.37 Å². The van der Waals surface area contributed by atoms with Crippen molar-refractivity contribution in [1.29, 1.82) is 0 Å². The SMILES string of the molecule is [2H]C1(c2cc(-c3c(F)ccc4c3oc3c(-c5cccc[n+]5C)c(C)ccc34)cc3c2C(C)(C)C(C)(C)C3(C)C)CCCCC1. The Hall–Kier alpha value is -3.46. The maximum absolute atomic E-state index is 16.3. The molecule has 0 radical (unpaired) electrons. The van der Waals surface area contributed by atoms with Crippen molar-refractivity contribution in [1.82, 2.24) is 0 Å². The molecule has 43 heavy (non-hydrogen) atoms. The minimum Gasteiger partial charge on any atom is -0.454 e. The van der Waals surface area contributed by atoms with E-state index >= 15 is 4.39 Å². The number of pyridine rings is 1. The van der Waals surface area contributed by atoms with E-state index in [1.807, 2.05) is 31.4 Å². The number of benzene rings is 3. The number of hydrogen-bond acceptors (Lipinski definition) is 1. The minimum absolute atomic E-state index is 0.0672. The van der Waals surface area contributed by atoms with Crippen LogP contribution in [0.25, 0.3) is 44.3 Å². The zero-order valence-corrected chi connectivity index (χ0v) is 27.0. The van der Waals surface area contributed by atoms with E-state index < -0.39 is 5.89 Å². The van der Waals surface area contributed by atoms with Gasteiger partial charge in [-0.05, 0) is 87.9 Å². The Morgan fingerprint density at radius 1 is 0.837 bits per heavy atom. The third kappa shape index (κ3) is 3.85. The zero-order valence-electron chi connectivity index (χ0n) is 28.0. The summed E-state index contributed by atoms with van der Waals surface area (Å²) in [5.41, 5.74) is 9.13. The van der Waals surface area contributed by atoms with Crippen LogP contribution in [0.15, 0.2) is 65.2 Å². The van der Waals surface area contributed by atoms with Gasteiger partial charge in [0.1, 0.15) is 24.0 Å². The van der Waals surface area contributed by atoms with Crippen molar-refractivity contribution in [2.75, 3.05) is 0 Å². The van der Waals surface area contributed by atoms with Gasteiger partial charge in [-0.2, -0.15) is 0 Å². The van der Waals surface area contributed by atoms with E-state index in [0.29, 0.717) is 11.1 Å². The van der Waals surface area contributed by atoms with Crippen LogP contribution in [-0.4, -0.2) is 0 Å². The highest BCUT2D eigenvalue weighted by Crippen LogP contribution is 2.64. The lowest BCUT2D eigenvalue weighted by Gasteiger charge is -2.45. The summed E-state index contributed by atoms with van der Waals surface area (Å²) in [4.78, 5) is 0. The maximum Gasteiger partial charge on any atom is 0.216 e. The van der Waals surface area contributed by atoms with Crippen molar-refractivity contribution in [3.05, 3.63) is 88.9 Å². The smallest absolute Gasteiger partial charge is 0.216 e. The number of aryl methyl sites for hydroxylation is 2. The molecule has 2 aliphatic rings. The second-order valence-electron chi connectivity index (χ2n) is 14.7. The Morgan fingerprint density at radius 3 is 2.21 bits per heavy atom. The fraction of sp³-hybridized carbons (Fsp3) is 0.425. The number of fused-ring (bicyclic) bond motifs is 4. The monoisotopic (exact) mass is 575 g/mol. The van der Waals surface area contributed by atoms with Gasteiger partial charge in [0, 0.05) is 24.3 Å². The Balaban J connectivity index is 1.57. The summed E-state index contributed by atoms with van der Waals surface area (Å²) in [7, 11) is 2.04. The van der Waals surface area contributed by atoms with Gasteiger partial charge >= 0.3 is 0 Å². The molecule has 0 atom stereocenters. The van der Waals surface area contributed by atoms with E-state index in [2.05, 4.69) is 83.4 Å². The van der Waals surface area contributed by atoms with Crippen LogP contribution in [-0.2, 0) is 17.9 Å². The molecule has 0 aliphatic heterocycles. The van der Waals surface area contributed by atoms with E-state index in [1.165, 1.54) is 17.5 Å². The van der Waals surface area contributed by atoms with Gasteiger partial charge < -0.3 is 4.42 Å². The van der Waals surface area contributed by atoms with Crippen LogP contribution < -0.4 is 4.57 Å². The molecule has 2 nitrogen and oxygen atoms in total. The molecule has 2 aromatic heterocycles. The van der Waals surface area contributed by atoms with Crippen LogP contribution in [0.3, 0.4) is 0 Å². The second kappa shape index (κ2) is 9.52. The molecule has 2 heterocycles. The van der Waals surface area contributed by atoms with Crippen molar-refractivity contribution < 1.29 is 14.7 Å². The van der Waals surface area contributed by atoms with Crippen molar-refractivity contribution in [2.24, 2.45) is 12.5 Å². The van der Waals surface area contributed by atoms with Crippen molar-refractivity contribution in [3.63, 3.8) is 0 Å². The Kier molecular flexibility index (Phi) is 6.00. The van der Waals surface area contributed by atoms with Crippen LogP contribution >= 0.6 is 0 Å². The summed E-state index contributed by atoms with van der Waals surface area (Å²) in [5, 5.41) is 1.90. The highest BCUT2D eigenvalue weighted by atomic mass is 19.1. The summed E-state index contributed by atoms with van der Waals surface area (Å²) in [6.07, 6.45) is 7.02. The average molecular weight is 576 g/mol. The van der Waals surface area contributed by atoms with Crippen LogP contribution in [0.4, 0.5) is 4.39 Å². The second-order valence-corrected chi connectivity index (χ2v) is 14.7. The highest BCUT2D eigenvalue weighted by Gasteiger charge is 2.58. The quantitative estimate of drug-likeness (QED) is 0.196. The molecule has 7 rings (SSSR count). The van der Waals surface area contributed by atoms with Crippen molar-refractivity contribution in [3.8, 4) is 22.4 Å². The summed E-state index contributed by atoms with van der Waals surface area (Å²) in [5.74, 6) is -0.973. The van der Waals surface area contributed by atoms with E-state index in [4.69, 9.17) is 4.42 Å². The topological polar surface area (TPSA) is 17.0 Å². The molecule has 2 aliphatic carbocycles. The fourth-order valence-corrected chi connectivity index (χ4v) is 8.26. The van der Waals surface area contributed by atoms with Gasteiger partial charge in [-0.1, -0.05) is 85.1 Å². The first-order valence-corrected chi connectivity index (χ1v) is 16.0. The molecule has 3 aromatic carbocycles. The minimum atomic E-state index is -0.684. The molecule has 0 saturated heterocycles. The van der Waals surface area contributed by atoms with E-state index in [0.717, 1.165) is 70.0 Å². The summed E-state index contributed by atoms with van der Waals surface area (Å²) in [6, 6.07) is 18.3. The molecule has 1 saturated carbocycles. The molecule has 1 fully saturated rings. The predicted molar refractivity (Wildman–Crippen MR) is 176 cm³/mol. The molecular formula is C40H45FNO+. The van der Waals surface area contributed by atoms with Crippen LogP contribution in [0, 0.1) is 18.2 Å². The first kappa shape index (κ1) is 27.1. The van der Waals surface area contributed by atoms with Gasteiger partial charge in [-0.25, -0.2) is 8.96 Å². The first-order valence-electron chi connectivity index (χ1n) is 16.5. The summed E-state index contributed by atoms with van der Waals surface area (Å²) in [6.45, 7) is 16.2. The lowest BCUT2D eigenvalue weighted by Crippen LogP contribution is -2.42. The number of hydrogen-bond donors (Lipinski definition) is 0. The van der Waals surface area contributed by atoms with Crippen LogP contribution in [0.1, 0.15) is 103 Å². The number of furan rings is 1. The molecule has 0 bridgehead atoms. The van der Waals surface area contributed by atoms with Crippen molar-refractivity contribution >= 4 is 21.9 Å². The molecule has 5 aromatic rings. The van der Waals surface area contributed by atoms with Gasteiger partial charge in [-0.3, -0.25) is 0 Å². The van der Waals surface area contributed by atoms with E-state index in [-0.39, 0.29) is 22.1 Å². The Morgan fingerprint density at radius 2 is 1.51 bits per heavy atom. The van der Waals surface area contributed by atoms with Gasteiger partial charge in [0.05, 0.1) is 11.1 Å². The number of rotatable bonds is 3. The van der Waals surface area contributed by atoms with Gasteiger partial charge in [0.25, 0.3) is 0 Å². The standard InChI is InChI=1S/C40H45FNO/c1-24-17-18-27-28-19-20-31(41)34(37(28)43-36(27)33(24)32-16-12-13-21-42(32)8)26-22-29(25-14-10-9-11-15-25)35-30(23-26)38(2,3)40(6,7)39(35,4)5/h12-13,16-23,25H,9-11,14-15H2,1-8H3/q+1/i25D. The molecule has 0 unspecified atom stereocenters. The lowest BCUT2D eigenvalue weighted by molar-refractivity contribution is -0.660. The molecular weight excluding hydrogens is 529 g/mol. The first-order chi connectivity index (χ1) is 20.7. The Labute approximate surface area is 257 Å². The summed E-state index contributed by atoms with van der Waals surface area (Å²) < 4.78 is 35.1. The highest BCUT2D eigenvalue weighted by molar-refractivity contribution is 6.13. The normalized spacial score (nSPS) is 20.3. The average Bonchev–Trinajstić information content (AvgIpc) is 3.39. The number of nitrogens with zero attached hydrogens (tertiary/aromatic N) is 1. The maximum atomic E-state index is 16.3. The Bertz CT molecular complexity index is 1970. The third-order valence-electron chi connectivity index (χ3n) is 12.0. The molecule has 3 heteroatoms.